The highest BCUT2D eigenvalue weighted by Gasteiger charge is 2.44. The summed E-state index contributed by atoms with van der Waals surface area (Å²) in [6.45, 7) is 0.621. The first-order valence-corrected chi connectivity index (χ1v) is 7.46. The number of carbonyl (C=O) groups excluding carboxylic acids is 1. The second-order valence-electron chi connectivity index (χ2n) is 5.13. The van der Waals surface area contributed by atoms with Gasteiger partial charge in [-0.15, -0.1) is 0 Å². The van der Waals surface area contributed by atoms with Crippen LogP contribution in [-0.4, -0.2) is 23.4 Å². The van der Waals surface area contributed by atoms with Crippen LogP contribution < -0.4 is 10.1 Å². The summed E-state index contributed by atoms with van der Waals surface area (Å²) >= 11 is 3.48. The lowest BCUT2D eigenvalue weighted by Crippen LogP contribution is -2.42. The number of nitrogens with one attached hydrogen (secondary N) is 1. The Morgan fingerprint density at radius 1 is 1.44 bits per heavy atom. The summed E-state index contributed by atoms with van der Waals surface area (Å²) in [5.74, 6) is 0.932. The molecule has 2 aliphatic rings. The van der Waals surface area contributed by atoms with Crippen molar-refractivity contribution in [3.8, 4) is 5.75 Å². The molecule has 3 rings (SSSR count). The van der Waals surface area contributed by atoms with Gasteiger partial charge in [-0.1, -0.05) is 34.1 Å². The normalized spacial score (nSPS) is 23.7. The number of benzene rings is 1. The number of para-hydroxylation sites is 1. The largest absolute Gasteiger partial charge is 0.493 e. The highest BCUT2D eigenvalue weighted by atomic mass is 79.9. The molecule has 1 atom stereocenters. The van der Waals surface area contributed by atoms with Gasteiger partial charge < -0.3 is 10.1 Å². The van der Waals surface area contributed by atoms with E-state index in [0.29, 0.717) is 6.61 Å². The van der Waals surface area contributed by atoms with E-state index < -0.39 is 0 Å². The van der Waals surface area contributed by atoms with Crippen LogP contribution in [0.3, 0.4) is 0 Å². The Hall–Kier alpha value is -1.03. The molecule has 1 aromatic rings. The van der Waals surface area contributed by atoms with Gasteiger partial charge in [-0.25, -0.2) is 0 Å². The highest BCUT2D eigenvalue weighted by Crippen LogP contribution is 2.39. The number of fused-ring (bicyclic) bond motifs is 1. The number of rotatable bonds is 3. The zero-order valence-electron chi connectivity index (χ0n) is 10.1. The Bertz CT molecular complexity index is 471. The van der Waals surface area contributed by atoms with Crippen molar-refractivity contribution in [1.82, 2.24) is 5.32 Å². The van der Waals surface area contributed by atoms with Crippen LogP contribution >= 0.6 is 15.9 Å². The van der Waals surface area contributed by atoms with Crippen molar-refractivity contribution in [1.29, 1.82) is 0 Å². The molecule has 1 fully saturated rings. The van der Waals surface area contributed by atoms with Crippen molar-refractivity contribution >= 4 is 21.8 Å². The molecule has 18 heavy (non-hydrogen) atoms. The van der Waals surface area contributed by atoms with Crippen molar-refractivity contribution in [2.24, 2.45) is 0 Å². The SMILES string of the molecule is O=C(NC1(CBr)CC1)C1CCOc2ccccc21. The van der Waals surface area contributed by atoms with Gasteiger partial charge in [-0.3, -0.25) is 4.79 Å². The maximum absolute atomic E-state index is 12.4. The molecule has 1 N–H and O–H groups in total. The Balaban J connectivity index is 1.79. The van der Waals surface area contributed by atoms with E-state index in [9.17, 15) is 4.79 Å². The van der Waals surface area contributed by atoms with Crippen LogP contribution in [0.1, 0.15) is 30.7 Å². The summed E-state index contributed by atoms with van der Waals surface area (Å²) < 4.78 is 5.59. The molecule has 0 saturated heterocycles. The van der Waals surface area contributed by atoms with E-state index in [2.05, 4.69) is 21.2 Å². The van der Waals surface area contributed by atoms with Crippen molar-refractivity contribution in [3.05, 3.63) is 29.8 Å². The van der Waals surface area contributed by atoms with E-state index in [1.165, 1.54) is 0 Å². The maximum Gasteiger partial charge on any atom is 0.228 e. The topological polar surface area (TPSA) is 38.3 Å². The van der Waals surface area contributed by atoms with Crippen LogP contribution in [0, 0.1) is 0 Å². The van der Waals surface area contributed by atoms with E-state index >= 15 is 0 Å². The maximum atomic E-state index is 12.4. The molecule has 0 bridgehead atoms. The summed E-state index contributed by atoms with van der Waals surface area (Å²) in [6, 6.07) is 7.84. The lowest BCUT2D eigenvalue weighted by Gasteiger charge is -2.26. The fourth-order valence-corrected chi connectivity index (χ4v) is 3.11. The molecule has 1 aliphatic carbocycles. The van der Waals surface area contributed by atoms with E-state index in [1.54, 1.807) is 0 Å². The molecule has 0 radical (unpaired) electrons. The second-order valence-corrected chi connectivity index (χ2v) is 5.69. The number of carbonyl (C=O) groups is 1. The average molecular weight is 310 g/mol. The molecule has 1 unspecified atom stereocenters. The summed E-state index contributed by atoms with van der Waals surface area (Å²) in [4.78, 5) is 12.4. The van der Waals surface area contributed by atoms with Crippen LogP contribution in [0.5, 0.6) is 5.75 Å². The van der Waals surface area contributed by atoms with Crippen molar-refractivity contribution in [2.45, 2.75) is 30.7 Å². The first kappa shape index (κ1) is 12.0. The minimum Gasteiger partial charge on any atom is -0.493 e. The molecule has 4 heteroatoms. The fraction of sp³-hybridized carbons (Fsp3) is 0.500. The molecule has 1 aliphatic heterocycles. The van der Waals surface area contributed by atoms with E-state index in [0.717, 1.165) is 35.9 Å². The average Bonchev–Trinajstić information content (AvgIpc) is 3.18. The zero-order valence-corrected chi connectivity index (χ0v) is 11.7. The summed E-state index contributed by atoms with van der Waals surface area (Å²) in [5, 5.41) is 4.03. The van der Waals surface area contributed by atoms with Gasteiger partial charge in [-0.05, 0) is 25.3 Å². The summed E-state index contributed by atoms with van der Waals surface area (Å²) in [7, 11) is 0. The van der Waals surface area contributed by atoms with Gasteiger partial charge in [0.25, 0.3) is 0 Å². The third-order valence-electron chi connectivity index (χ3n) is 3.77. The molecule has 1 aromatic carbocycles. The number of hydrogen-bond acceptors (Lipinski definition) is 2. The van der Waals surface area contributed by atoms with Crippen molar-refractivity contribution in [3.63, 3.8) is 0 Å². The Labute approximate surface area is 115 Å². The molecule has 1 amide bonds. The standard InChI is InChI=1S/C14H16BrNO2/c15-9-14(6-7-14)16-13(17)11-5-8-18-12-4-2-1-3-10(11)12/h1-4,11H,5-9H2,(H,16,17). The van der Waals surface area contributed by atoms with Gasteiger partial charge >= 0.3 is 0 Å². The van der Waals surface area contributed by atoms with Crippen LogP contribution in [0.15, 0.2) is 24.3 Å². The summed E-state index contributed by atoms with van der Waals surface area (Å²) in [5.41, 5.74) is 1.04. The van der Waals surface area contributed by atoms with Gasteiger partial charge in [0, 0.05) is 16.4 Å². The second kappa shape index (κ2) is 4.57. The summed E-state index contributed by atoms with van der Waals surface area (Å²) in [6.07, 6.45) is 2.92. The molecule has 96 valence electrons. The quantitative estimate of drug-likeness (QED) is 0.872. The number of hydrogen-bond donors (Lipinski definition) is 1. The highest BCUT2D eigenvalue weighted by molar-refractivity contribution is 9.09. The Morgan fingerprint density at radius 2 is 2.22 bits per heavy atom. The van der Waals surface area contributed by atoms with Gasteiger partial charge in [0.15, 0.2) is 0 Å². The van der Waals surface area contributed by atoms with E-state index in [1.807, 2.05) is 24.3 Å². The lowest BCUT2D eigenvalue weighted by molar-refractivity contribution is -0.124. The lowest BCUT2D eigenvalue weighted by atomic mass is 9.92. The minimum absolute atomic E-state index is 0.0182. The third-order valence-corrected chi connectivity index (χ3v) is 4.85. The van der Waals surface area contributed by atoms with E-state index in [4.69, 9.17) is 4.74 Å². The first-order chi connectivity index (χ1) is 8.74. The first-order valence-electron chi connectivity index (χ1n) is 6.34. The number of halogens is 1. The monoisotopic (exact) mass is 309 g/mol. The molecular formula is C14H16BrNO2. The smallest absolute Gasteiger partial charge is 0.228 e. The van der Waals surface area contributed by atoms with Gasteiger partial charge in [0.05, 0.1) is 12.5 Å². The number of ether oxygens (including phenoxy) is 1. The fourth-order valence-electron chi connectivity index (χ4n) is 2.41. The number of alkyl halides is 1. The Morgan fingerprint density at radius 3 is 2.94 bits per heavy atom. The predicted octanol–water partition coefficient (Wildman–Crippen LogP) is 2.60. The predicted molar refractivity (Wildman–Crippen MR) is 73.2 cm³/mol. The molecule has 0 aromatic heterocycles. The molecule has 1 saturated carbocycles. The molecule has 0 spiro atoms. The van der Waals surface area contributed by atoms with E-state index in [-0.39, 0.29) is 17.4 Å². The zero-order chi connectivity index (χ0) is 12.6. The number of amides is 1. The molecular weight excluding hydrogens is 294 g/mol. The third kappa shape index (κ3) is 2.14. The van der Waals surface area contributed by atoms with Gasteiger partial charge in [-0.2, -0.15) is 0 Å². The van der Waals surface area contributed by atoms with Crippen LogP contribution in [0.25, 0.3) is 0 Å². The van der Waals surface area contributed by atoms with Crippen LogP contribution in [0.2, 0.25) is 0 Å². The van der Waals surface area contributed by atoms with Gasteiger partial charge in [0.1, 0.15) is 5.75 Å². The molecule has 1 heterocycles. The molecule has 3 nitrogen and oxygen atoms in total. The minimum atomic E-state index is -0.0634. The van der Waals surface area contributed by atoms with Crippen LogP contribution in [0.4, 0.5) is 0 Å². The Kier molecular flexibility index (Phi) is 3.06. The van der Waals surface area contributed by atoms with Crippen molar-refractivity contribution < 1.29 is 9.53 Å². The van der Waals surface area contributed by atoms with Crippen molar-refractivity contribution in [2.75, 3.05) is 11.9 Å². The van der Waals surface area contributed by atoms with Crippen LogP contribution in [-0.2, 0) is 4.79 Å². The van der Waals surface area contributed by atoms with Gasteiger partial charge in [0.2, 0.25) is 5.91 Å².